The molecule has 2 rings (SSSR count). The summed E-state index contributed by atoms with van der Waals surface area (Å²) in [5.74, 6) is 0. The fourth-order valence-corrected chi connectivity index (χ4v) is 1.46. The Bertz CT molecular complexity index is 431. The number of H-pyrrole nitrogens is 1. The summed E-state index contributed by atoms with van der Waals surface area (Å²) in [6.07, 6.45) is 1.83. The summed E-state index contributed by atoms with van der Waals surface area (Å²) in [7, 11) is 0. The van der Waals surface area contributed by atoms with Crippen molar-refractivity contribution in [3.8, 4) is 0 Å². The van der Waals surface area contributed by atoms with Gasteiger partial charge < -0.3 is 4.98 Å². The summed E-state index contributed by atoms with van der Waals surface area (Å²) >= 11 is 6.04. The van der Waals surface area contributed by atoms with Crippen LogP contribution >= 0.6 is 11.6 Å². The molecule has 0 aliphatic heterocycles. The molecule has 2 heterocycles. The Kier molecular flexibility index (Phi) is 1.58. The largest absolute Gasteiger partial charge is 0.342 e. The third kappa shape index (κ3) is 0.994. The van der Waals surface area contributed by atoms with Gasteiger partial charge in [0.1, 0.15) is 5.65 Å². The van der Waals surface area contributed by atoms with Gasteiger partial charge in [0.15, 0.2) is 0 Å². The van der Waals surface area contributed by atoms with Crippen molar-refractivity contribution in [1.82, 2.24) is 9.97 Å². The number of fused-ring (bicyclic) bond motifs is 1. The number of aromatic amines is 1. The average molecular weight is 181 g/mol. The van der Waals surface area contributed by atoms with Gasteiger partial charge in [-0.15, -0.1) is 0 Å². The molecule has 0 amide bonds. The van der Waals surface area contributed by atoms with Crippen molar-refractivity contribution in [1.29, 1.82) is 0 Å². The second-order valence-electron chi connectivity index (χ2n) is 2.97. The monoisotopic (exact) mass is 180 g/mol. The molecule has 2 aromatic heterocycles. The van der Waals surface area contributed by atoms with Crippen LogP contribution in [-0.2, 0) is 0 Å². The second kappa shape index (κ2) is 2.49. The van der Waals surface area contributed by atoms with Crippen molar-refractivity contribution in [2.45, 2.75) is 13.8 Å². The van der Waals surface area contributed by atoms with Crippen molar-refractivity contribution in [2.24, 2.45) is 0 Å². The normalized spacial score (nSPS) is 10.9. The van der Waals surface area contributed by atoms with Gasteiger partial charge in [-0.25, -0.2) is 4.98 Å². The number of nitrogens with zero attached hydrogens (tertiary/aromatic N) is 1. The highest BCUT2D eigenvalue weighted by Gasteiger charge is 2.05. The Morgan fingerprint density at radius 1 is 1.42 bits per heavy atom. The summed E-state index contributed by atoms with van der Waals surface area (Å²) in [4.78, 5) is 7.33. The molecule has 2 nitrogen and oxygen atoms in total. The summed E-state index contributed by atoms with van der Waals surface area (Å²) in [6.45, 7) is 3.95. The molecule has 62 valence electrons. The number of nitrogens with one attached hydrogen (secondary N) is 1. The first kappa shape index (κ1) is 7.62. The van der Waals surface area contributed by atoms with Gasteiger partial charge in [-0.3, -0.25) is 0 Å². The quantitative estimate of drug-likeness (QED) is 0.664. The molecular weight excluding hydrogens is 172 g/mol. The molecule has 12 heavy (non-hydrogen) atoms. The highest BCUT2D eigenvalue weighted by molar-refractivity contribution is 6.36. The molecule has 0 saturated carbocycles. The van der Waals surface area contributed by atoms with Crippen molar-refractivity contribution in [3.63, 3.8) is 0 Å². The number of hydrogen-bond acceptors (Lipinski definition) is 1. The second-order valence-corrected chi connectivity index (χ2v) is 3.35. The maximum Gasteiger partial charge on any atom is 0.138 e. The molecule has 1 N–H and O–H groups in total. The summed E-state index contributed by atoms with van der Waals surface area (Å²) in [5.41, 5.74) is 2.97. The smallest absolute Gasteiger partial charge is 0.138 e. The Morgan fingerprint density at radius 2 is 2.17 bits per heavy atom. The van der Waals surface area contributed by atoms with Crippen LogP contribution in [0.5, 0.6) is 0 Å². The molecule has 0 atom stereocenters. The van der Waals surface area contributed by atoms with Gasteiger partial charge in [-0.05, 0) is 25.5 Å². The maximum absolute atomic E-state index is 6.04. The highest BCUT2D eigenvalue weighted by Crippen LogP contribution is 2.25. The van der Waals surface area contributed by atoms with Gasteiger partial charge in [0, 0.05) is 17.3 Å². The van der Waals surface area contributed by atoms with Gasteiger partial charge in [0.05, 0.1) is 5.02 Å². The van der Waals surface area contributed by atoms with E-state index < -0.39 is 0 Å². The van der Waals surface area contributed by atoms with E-state index in [1.165, 1.54) is 0 Å². The van der Waals surface area contributed by atoms with E-state index in [1.807, 2.05) is 26.1 Å². The fraction of sp³-hybridized carbons (Fsp3) is 0.222. The molecule has 0 spiro atoms. The maximum atomic E-state index is 6.04. The first-order valence-corrected chi connectivity index (χ1v) is 4.16. The lowest BCUT2D eigenvalue weighted by atomic mass is 10.2. The molecular formula is C9H9ClN2. The van der Waals surface area contributed by atoms with Crippen molar-refractivity contribution in [2.75, 3.05) is 0 Å². The summed E-state index contributed by atoms with van der Waals surface area (Å²) in [6, 6.07) is 2.04. The van der Waals surface area contributed by atoms with Crippen LogP contribution in [0.1, 0.15) is 11.3 Å². The average Bonchev–Trinajstić information content (AvgIpc) is 2.31. The lowest BCUT2D eigenvalue weighted by Crippen LogP contribution is -1.77. The molecule has 0 radical (unpaired) electrons. The van der Waals surface area contributed by atoms with Gasteiger partial charge in [0.2, 0.25) is 0 Å². The predicted octanol–water partition coefficient (Wildman–Crippen LogP) is 2.83. The SMILES string of the molecule is Cc1cnc2[nH]c(C)c(Cl)c2c1. The van der Waals surface area contributed by atoms with Crippen molar-refractivity contribution < 1.29 is 0 Å². The van der Waals surface area contributed by atoms with Crippen LogP contribution in [0.3, 0.4) is 0 Å². The first-order valence-electron chi connectivity index (χ1n) is 3.79. The van der Waals surface area contributed by atoms with Gasteiger partial charge in [-0.1, -0.05) is 11.6 Å². The van der Waals surface area contributed by atoms with Crippen LogP contribution in [-0.4, -0.2) is 9.97 Å². The van der Waals surface area contributed by atoms with E-state index in [1.54, 1.807) is 0 Å². The molecule has 2 aromatic rings. The van der Waals surface area contributed by atoms with Crippen LogP contribution in [0.2, 0.25) is 5.02 Å². The van der Waals surface area contributed by atoms with E-state index in [4.69, 9.17) is 11.6 Å². The number of aryl methyl sites for hydroxylation is 2. The number of pyridine rings is 1. The summed E-state index contributed by atoms with van der Waals surface area (Å²) < 4.78 is 0. The molecule has 0 aliphatic rings. The Morgan fingerprint density at radius 3 is 2.92 bits per heavy atom. The van der Waals surface area contributed by atoms with Crippen molar-refractivity contribution in [3.05, 3.63) is 28.5 Å². The number of hydrogen-bond donors (Lipinski definition) is 1. The van der Waals surface area contributed by atoms with E-state index in [2.05, 4.69) is 9.97 Å². The standard InChI is InChI=1S/C9H9ClN2/c1-5-3-7-8(10)6(2)12-9(7)11-4-5/h3-4H,1-2H3,(H,11,12). The minimum Gasteiger partial charge on any atom is -0.342 e. The van der Waals surface area contributed by atoms with Gasteiger partial charge in [-0.2, -0.15) is 0 Å². The topological polar surface area (TPSA) is 28.7 Å². The van der Waals surface area contributed by atoms with Gasteiger partial charge >= 0.3 is 0 Å². The molecule has 3 heteroatoms. The van der Waals surface area contributed by atoms with E-state index in [-0.39, 0.29) is 0 Å². The van der Waals surface area contributed by atoms with E-state index in [9.17, 15) is 0 Å². The zero-order valence-electron chi connectivity index (χ0n) is 6.98. The van der Waals surface area contributed by atoms with Crippen LogP contribution in [0, 0.1) is 13.8 Å². The number of rotatable bonds is 0. The third-order valence-electron chi connectivity index (χ3n) is 1.90. The molecule has 0 bridgehead atoms. The Balaban J connectivity index is 2.88. The van der Waals surface area contributed by atoms with Crippen LogP contribution < -0.4 is 0 Å². The van der Waals surface area contributed by atoms with Crippen LogP contribution in [0.25, 0.3) is 11.0 Å². The lowest BCUT2D eigenvalue weighted by molar-refractivity contribution is 1.24. The Labute approximate surface area is 75.6 Å². The molecule has 0 unspecified atom stereocenters. The molecule has 0 fully saturated rings. The van der Waals surface area contributed by atoms with E-state index in [0.717, 1.165) is 27.3 Å². The van der Waals surface area contributed by atoms with Gasteiger partial charge in [0.25, 0.3) is 0 Å². The summed E-state index contributed by atoms with van der Waals surface area (Å²) in [5, 5.41) is 1.79. The lowest BCUT2D eigenvalue weighted by Gasteiger charge is -1.91. The minimum absolute atomic E-state index is 0.779. The fourth-order valence-electron chi connectivity index (χ4n) is 1.27. The number of halogens is 1. The predicted molar refractivity (Wildman–Crippen MR) is 50.6 cm³/mol. The first-order chi connectivity index (χ1) is 5.68. The van der Waals surface area contributed by atoms with Crippen LogP contribution in [0.15, 0.2) is 12.3 Å². The molecule has 0 aromatic carbocycles. The van der Waals surface area contributed by atoms with Crippen molar-refractivity contribution >= 4 is 22.6 Å². The zero-order chi connectivity index (χ0) is 8.72. The van der Waals surface area contributed by atoms with E-state index >= 15 is 0 Å². The minimum atomic E-state index is 0.779. The zero-order valence-corrected chi connectivity index (χ0v) is 7.74. The molecule has 0 saturated heterocycles. The van der Waals surface area contributed by atoms with Crippen LogP contribution in [0.4, 0.5) is 0 Å². The Hall–Kier alpha value is -1.02. The molecule has 0 aliphatic carbocycles. The van der Waals surface area contributed by atoms with E-state index in [0.29, 0.717) is 0 Å². The number of aromatic nitrogens is 2. The third-order valence-corrected chi connectivity index (χ3v) is 2.38. The highest BCUT2D eigenvalue weighted by atomic mass is 35.5.